The summed E-state index contributed by atoms with van der Waals surface area (Å²) in [6.45, 7) is 1.98. The predicted molar refractivity (Wildman–Crippen MR) is 71.1 cm³/mol. The highest BCUT2D eigenvalue weighted by Gasteiger charge is 2.15. The van der Waals surface area contributed by atoms with Crippen LogP contribution in [0.3, 0.4) is 0 Å². The number of aromatic nitrogens is 2. The molecule has 0 saturated carbocycles. The molecule has 2 heterocycles. The summed E-state index contributed by atoms with van der Waals surface area (Å²) in [6.07, 6.45) is 1.76. The van der Waals surface area contributed by atoms with Crippen molar-refractivity contribution in [3.8, 4) is 11.1 Å². The number of aromatic carboxylic acids is 1. The zero-order valence-electron chi connectivity index (χ0n) is 9.60. The largest absolute Gasteiger partial charge is 0.477 e. The van der Waals surface area contributed by atoms with Gasteiger partial charge in [0.2, 0.25) is 0 Å². The number of nitrogens with one attached hydrogen (secondary N) is 1. The highest BCUT2D eigenvalue weighted by atomic mass is 32.1. The van der Waals surface area contributed by atoms with E-state index >= 15 is 0 Å². The minimum Gasteiger partial charge on any atom is -0.477 e. The van der Waals surface area contributed by atoms with Gasteiger partial charge in [-0.1, -0.05) is 0 Å². The third kappa shape index (κ3) is 1.60. The van der Waals surface area contributed by atoms with Crippen molar-refractivity contribution in [2.45, 2.75) is 6.92 Å². The summed E-state index contributed by atoms with van der Waals surface area (Å²) in [7, 11) is 0. The van der Waals surface area contributed by atoms with Crippen LogP contribution in [0.1, 0.15) is 15.2 Å². The molecule has 1 aromatic carbocycles. The number of fused-ring (bicyclic) bond motifs is 1. The highest BCUT2D eigenvalue weighted by Crippen LogP contribution is 2.32. The second-order valence-corrected chi connectivity index (χ2v) is 5.01. The van der Waals surface area contributed by atoms with E-state index < -0.39 is 5.97 Å². The van der Waals surface area contributed by atoms with E-state index in [1.54, 1.807) is 11.6 Å². The summed E-state index contributed by atoms with van der Waals surface area (Å²) in [6, 6.07) is 5.81. The van der Waals surface area contributed by atoms with Crippen LogP contribution in [0, 0.1) is 6.92 Å². The lowest BCUT2D eigenvalue weighted by molar-refractivity contribution is 0.0703. The Morgan fingerprint density at radius 3 is 3.00 bits per heavy atom. The second kappa shape index (κ2) is 3.96. The third-order valence-corrected chi connectivity index (χ3v) is 3.84. The highest BCUT2D eigenvalue weighted by molar-refractivity contribution is 7.12. The maximum Gasteiger partial charge on any atom is 0.346 e. The first kappa shape index (κ1) is 11.0. The fourth-order valence-corrected chi connectivity index (χ4v) is 2.83. The van der Waals surface area contributed by atoms with Crippen molar-refractivity contribution in [1.82, 2.24) is 10.2 Å². The van der Waals surface area contributed by atoms with Gasteiger partial charge in [0, 0.05) is 10.9 Å². The van der Waals surface area contributed by atoms with Crippen LogP contribution in [0.5, 0.6) is 0 Å². The molecule has 90 valence electrons. The van der Waals surface area contributed by atoms with Gasteiger partial charge < -0.3 is 5.11 Å². The number of aryl methyl sites for hydroxylation is 1. The first-order chi connectivity index (χ1) is 8.66. The summed E-state index contributed by atoms with van der Waals surface area (Å²) in [5, 5.41) is 18.9. The van der Waals surface area contributed by atoms with Crippen molar-refractivity contribution < 1.29 is 9.90 Å². The lowest BCUT2D eigenvalue weighted by Gasteiger charge is -2.05. The molecule has 5 heteroatoms. The Kier molecular flexibility index (Phi) is 2.41. The molecule has 0 aliphatic rings. The van der Waals surface area contributed by atoms with Crippen molar-refractivity contribution in [1.29, 1.82) is 0 Å². The summed E-state index contributed by atoms with van der Waals surface area (Å²) in [5.74, 6) is -0.885. The molecule has 2 aromatic heterocycles. The second-order valence-electron chi connectivity index (χ2n) is 4.09. The van der Waals surface area contributed by atoms with Gasteiger partial charge in [-0.15, -0.1) is 11.3 Å². The number of nitrogens with zero attached hydrogens (tertiary/aromatic N) is 1. The number of aromatic amines is 1. The quantitative estimate of drug-likeness (QED) is 0.741. The van der Waals surface area contributed by atoms with Gasteiger partial charge in [0.15, 0.2) is 0 Å². The summed E-state index contributed by atoms with van der Waals surface area (Å²) >= 11 is 1.24. The Balaban J connectivity index is 2.27. The first-order valence-corrected chi connectivity index (χ1v) is 6.29. The summed E-state index contributed by atoms with van der Waals surface area (Å²) in [5.41, 5.74) is 3.66. The lowest BCUT2D eigenvalue weighted by atomic mass is 9.99. The van der Waals surface area contributed by atoms with Crippen LogP contribution in [0.4, 0.5) is 0 Å². The number of rotatable bonds is 2. The van der Waals surface area contributed by atoms with Crippen LogP contribution in [0.15, 0.2) is 29.8 Å². The first-order valence-electron chi connectivity index (χ1n) is 5.41. The van der Waals surface area contributed by atoms with E-state index in [-0.39, 0.29) is 0 Å². The molecule has 3 aromatic rings. The molecule has 0 radical (unpaired) electrons. The van der Waals surface area contributed by atoms with E-state index in [2.05, 4.69) is 10.2 Å². The monoisotopic (exact) mass is 258 g/mol. The predicted octanol–water partition coefficient (Wildman–Crippen LogP) is 3.30. The smallest absolute Gasteiger partial charge is 0.346 e. The number of thiophene rings is 1. The van der Waals surface area contributed by atoms with Crippen LogP contribution in [-0.4, -0.2) is 21.3 Å². The van der Waals surface area contributed by atoms with Crippen LogP contribution in [-0.2, 0) is 0 Å². The third-order valence-electron chi connectivity index (χ3n) is 2.93. The van der Waals surface area contributed by atoms with E-state index in [0.29, 0.717) is 4.88 Å². The number of carboxylic acid groups (broad SMARTS) is 1. The van der Waals surface area contributed by atoms with Crippen molar-refractivity contribution in [2.24, 2.45) is 0 Å². The van der Waals surface area contributed by atoms with Gasteiger partial charge in [0.25, 0.3) is 0 Å². The Labute approximate surface area is 107 Å². The average molecular weight is 258 g/mol. The number of H-pyrrole nitrogens is 1. The molecule has 0 amide bonds. The Morgan fingerprint density at radius 2 is 2.22 bits per heavy atom. The molecule has 0 aliphatic heterocycles. The number of carbonyl (C=O) groups is 1. The molecular formula is C13H10N2O2S. The summed E-state index contributed by atoms with van der Waals surface area (Å²) in [4.78, 5) is 11.5. The van der Waals surface area contributed by atoms with E-state index in [1.165, 1.54) is 11.3 Å². The minimum atomic E-state index is -0.885. The van der Waals surface area contributed by atoms with Crippen molar-refractivity contribution >= 4 is 28.2 Å². The maximum absolute atomic E-state index is 11.2. The van der Waals surface area contributed by atoms with Gasteiger partial charge in [-0.3, -0.25) is 5.10 Å². The molecule has 0 saturated heterocycles. The Bertz CT molecular complexity index is 742. The number of carboxylic acids is 1. The van der Waals surface area contributed by atoms with E-state index in [0.717, 1.165) is 27.6 Å². The molecule has 2 N–H and O–H groups in total. The molecule has 18 heavy (non-hydrogen) atoms. The summed E-state index contributed by atoms with van der Waals surface area (Å²) < 4.78 is 0. The van der Waals surface area contributed by atoms with Gasteiger partial charge in [-0.25, -0.2) is 4.79 Å². The van der Waals surface area contributed by atoms with E-state index in [9.17, 15) is 9.90 Å². The molecule has 0 aliphatic carbocycles. The van der Waals surface area contributed by atoms with Crippen LogP contribution in [0.2, 0.25) is 0 Å². The molecule has 3 rings (SSSR count). The molecule has 4 nitrogen and oxygen atoms in total. The van der Waals surface area contributed by atoms with Crippen molar-refractivity contribution in [2.75, 3.05) is 0 Å². The zero-order valence-corrected chi connectivity index (χ0v) is 10.4. The van der Waals surface area contributed by atoms with Gasteiger partial charge in [0.1, 0.15) is 4.88 Å². The van der Waals surface area contributed by atoms with Gasteiger partial charge in [-0.2, -0.15) is 5.10 Å². The number of benzene rings is 1. The number of hydrogen-bond acceptors (Lipinski definition) is 3. The van der Waals surface area contributed by atoms with E-state index in [1.807, 2.05) is 25.1 Å². The van der Waals surface area contributed by atoms with Crippen molar-refractivity contribution in [3.63, 3.8) is 0 Å². The standard InChI is InChI=1S/C13H10N2O2S/c1-7-4-8-6-14-15-11(8)5-10(7)9-2-3-18-12(9)13(16)17/h2-6H,1H3,(H,14,15)(H,16,17). The Morgan fingerprint density at radius 1 is 1.39 bits per heavy atom. The molecule has 0 spiro atoms. The molecule has 0 fully saturated rings. The maximum atomic E-state index is 11.2. The SMILES string of the molecule is Cc1cc2cn[nH]c2cc1-c1ccsc1C(=O)O. The molecular weight excluding hydrogens is 248 g/mol. The molecule has 0 atom stereocenters. The van der Waals surface area contributed by atoms with Gasteiger partial charge >= 0.3 is 5.97 Å². The molecule has 0 unspecified atom stereocenters. The topological polar surface area (TPSA) is 66.0 Å². The molecule has 0 bridgehead atoms. The van der Waals surface area contributed by atoms with Crippen LogP contribution < -0.4 is 0 Å². The normalized spacial score (nSPS) is 10.9. The Hall–Kier alpha value is -2.14. The van der Waals surface area contributed by atoms with Crippen LogP contribution >= 0.6 is 11.3 Å². The van der Waals surface area contributed by atoms with E-state index in [4.69, 9.17) is 0 Å². The van der Waals surface area contributed by atoms with Crippen molar-refractivity contribution in [3.05, 3.63) is 40.2 Å². The lowest BCUT2D eigenvalue weighted by Crippen LogP contribution is -1.95. The fourth-order valence-electron chi connectivity index (χ4n) is 2.08. The fraction of sp³-hybridized carbons (Fsp3) is 0.0769. The zero-order chi connectivity index (χ0) is 12.7. The van der Waals surface area contributed by atoms with Gasteiger partial charge in [-0.05, 0) is 41.6 Å². The average Bonchev–Trinajstić information content (AvgIpc) is 2.94. The van der Waals surface area contributed by atoms with Crippen LogP contribution in [0.25, 0.3) is 22.0 Å². The number of hydrogen-bond donors (Lipinski definition) is 2. The van der Waals surface area contributed by atoms with Gasteiger partial charge in [0.05, 0.1) is 11.7 Å². The minimum absolute atomic E-state index is 0.372.